The second kappa shape index (κ2) is 43.2. The number of urea groups is 2. The van der Waals surface area contributed by atoms with Crippen LogP contribution in [0.5, 0.6) is 0 Å². The number of Topliss-reactive ketones (excluding diaryl/α,β-unsaturated/α-hetero) is 1. The molecule has 1 rings (SSSR count). The number of benzene rings is 1. The van der Waals surface area contributed by atoms with E-state index in [4.69, 9.17) is 25.5 Å². The van der Waals surface area contributed by atoms with Crippen LogP contribution in [0, 0.1) is 5.92 Å². The monoisotopic (exact) mass is 1020 g/mol. The Kier molecular flexibility index (Phi) is 42.8. The van der Waals surface area contributed by atoms with Gasteiger partial charge in [-0.25, -0.2) is 19.2 Å². The Bertz CT molecular complexity index is 1830. The Morgan fingerprint density at radius 1 is 0.657 bits per heavy atom. The van der Waals surface area contributed by atoms with Crippen LogP contribution < -0.4 is 37.6 Å². The third-order valence-corrected chi connectivity index (χ3v) is 8.95. The van der Waals surface area contributed by atoms with Crippen molar-refractivity contribution < 1.29 is 92.6 Å². The number of ketones is 1. The number of nitrogens with two attached hydrogens (primary N) is 1. The average Bonchev–Trinajstić information content (AvgIpc) is 3.31. The molecule has 0 spiro atoms. The molecule has 0 aromatic heterocycles. The highest BCUT2D eigenvalue weighted by atomic mass is 32.1. The number of carboxylic acid groups (broad SMARTS) is 5. The summed E-state index contributed by atoms with van der Waals surface area (Å²) in [4.78, 5) is 145. The van der Waals surface area contributed by atoms with E-state index in [0.717, 1.165) is 0 Å². The van der Waals surface area contributed by atoms with E-state index in [0.29, 0.717) is 30.4 Å². The number of ether oxygens (including phenoxy) is 1. The maximum absolute atomic E-state index is 13.0. The number of amides is 6. The van der Waals surface area contributed by atoms with E-state index in [1.807, 2.05) is 34.6 Å². The Hall–Kier alpha value is -7.12. The van der Waals surface area contributed by atoms with Crippen LogP contribution in [-0.2, 0) is 70.4 Å². The van der Waals surface area contributed by atoms with Crippen LogP contribution in [-0.4, -0.2) is 147 Å². The zero-order valence-electron chi connectivity index (χ0n) is 40.1. The van der Waals surface area contributed by atoms with Crippen LogP contribution in [0.3, 0.4) is 0 Å². The molecule has 26 nitrogen and oxygen atoms in total. The second-order valence-corrected chi connectivity index (χ2v) is 14.1. The third kappa shape index (κ3) is 36.9. The highest BCUT2D eigenvalue weighted by Crippen LogP contribution is 2.14. The molecule has 0 radical (unpaired) electrons. The van der Waals surface area contributed by atoms with Crippen molar-refractivity contribution in [3.05, 3.63) is 35.4 Å². The molecule has 1 aromatic carbocycles. The highest BCUT2D eigenvalue weighted by molar-refractivity contribution is 7.80. The summed E-state index contributed by atoms with van der Waals surface area (Å²) in [5.74, 6) is -11.7. The van der Waals surface area contributed by atoms with E-state index < -0.39 is 109 Å². The van der Waals surface area contributed by atoms with Crippen molar-refractivity contribution in [1.29, 1.82) is 0 Å². The lowest BCUT2D eigenvalue weighted by molar-refractivity contribution is -0.192. The molecule has 0 aliphatic heterocycles. The molecule has 0 saturated heterocycles. The van der Waals surface area contributed by atoms with E-state index in [-0.39, 0.29) is 63.2 Å². The fourth-order valence-corrected chi connectivity index (χ4v) is 5.35. The lowest BCUT2D eigenvalue weighted by Gasteiger charge is -2.21. The van der Waals surface area contributed by atoms with E-state index in [9.17, 15) is 68.1 Å². The van der Waals surface area contributed by atoms with Crippen molar-refractivity contribution in [3.63, 3.8) is 0 Å². The molecule has 396 valence electrons. The number of carbonyl (C=O) groups excluding carboxylic acids is 8. The Balaban J connectivity index is -0.00000127. The van der Waals surface area contributed by atoms with Crippen molar-refractivity contribution in [2.24, 2.45) is 11.7 Å². The molecule has 0 heterocycles. The van der Waals surface area contributed by atoms with Crippen LogP contribution in [0.2, 0.25) is 0 Å². The molecule has 1 unspecified atom stereocenters. The molecule has 1 aromatic rings. The van der Waals surface area contributed by atoms with Crippen LogP contribution in [0.4, 0.5) is 9.59 Å². The van der Waals surface area contributed by atoms with Crippen LogP contribution in [0.1, 0.15) is 104 Å². The molecule has 0 saturated carbocycles. The van der Waals surface area contributed by atoms with Gasteiger partial charge in [0.1, 0.15) is 18.1 Å². The molecule has 13 N–H and O–H groups in total. The molecule has 0 fully saturated rings. The number of carbonyl (C=O) groups is 11. The number of hydrogen-bond donors (Lipinski definition) is 13. The van der Waals surface area contributed by atoms with Gasteiger partial charge in [0, 0.05) is 38.2 Å². The van der Waals surface area contributed by atoms with Gasteiger partial charge in [0.2, 0.25) is 11.8 Å². The number of thiol groups is 1. The predicted octanol–water partition coefficient (Wildman–Crippen LogP) is 0.690. The lowest BCUT2D eigenvalue weighted by Crippen LogP contribution is -2.47. The molecule has 27 heteroatoms. The first-order chi connectivity index (χ1) is 33.0. The third-order valence-electron chi connectivity index (χ3n) is 8.59. The van der Waals surface area contributed by atoms with E-state index in [2.05, 4.69) is 49.3 Å². The lowest BCUT2D eigenvalue weighted by atomic mass is 9.93. The van der Waals surface area contributed by atoms with Crippen LogP contribution in [0.25, 0.3) is 0 Å². The number of carboxylic acids is 5. The first-order valence-corrected chi connectivity index (χ1v) is 22.5. The zero-order chi connectivity index (χ0) is 54.8. The minimum Gasteiger partial charge on any atom is -0.481 e. The van der Waals surface area contributed by atoms with Crippen molar-refractivity contribution in [3.8, 4) is 0 Å². The Labute approximate surface area is 410 Å². The number of rotatable bonds is 29. The minimum absolute atomic E-state index is 0.0642. The molecular formula is C43H69N7O19S. The fraction of sp³-hybridized carbons (Fsp3) is 0.581. The second-order valence-electron chi connectivity index (χ2n) is 13.8. The van der Waals surface area contributed by atoms with Gasteiger partial charge in [-0.15, -0.1) is 0 Å². The number of methoxy groups -OCH3 is 1. The first-order valence-electron chi connectivity index (χ1n) is 21.9. The number of nitrogens with one attached hydrogen (secondary N) is 6. The molecule has 0 aliphatic rings. The standard InChI is InChI=1S/C33H46N6O15S.C5H11NO2.2C2H6.CO2/c40-24(13-20(14-27(44)45)29(48)38-23(17-55)31(51)52)22(15-28(46)47)37-25(41)12-18-6-8-19(9-7-18)16-36-32(53)34-10-2-1-4-21(30(49)50)39-33(54)35-11-3-5-26(42)43;1-3-4(6)5(7)8-2;2*1-2;2-1-3/h6-9,20-23,55H,1-5,10-17H2,(H,37,41)(H,38,48)(H,42,43)(H,44,45)(H,46,47)(H,49,50)(H,51,52)(H2,34,36,53)(H2,35,39,54);4H,3,6H2,1-2H3;2*1-2H3;/t20-,21-,22-,23-;;;;/m0..../s1. The molecular weight excluding hydrogens is 951 g/mol. The van der Waals surface area contributed by atoms with Gasteiger partial charge in [-0.2, -0.15) is 22.2 Å². The maximum Gasteiger partial charge on any atom is 0.373 e. The SMILES string of the molecule is CC.CC.CCC(N)C(=O)OC.O=C(O)CCCNC(=O)N[C@@H](CCCCNC(=O)NCc1ccc(CC(=O)N[C@@H](CC(=O)O)C(=O)C[C@@H](CC(=O)O)C(=O)N[C@@H](CS)C(=O)O)cc1)C(=O)O.O=C=O. The van der Waals surface area contributed by atoms with Crippen molar-refractivity contribution in [2.45, 2.75) is 130 Å². The fourth-order valence-electron chi connectivity index (χ4n) is 5.10. The predicted molar refractivity (Wildman–Crippen MR) is 250 cm³/mol. The minimum atomic E-state index is -1.62. The van der Waals surface area contributed by atoms with E-state index >= 15 is 0 Å². The van der Waals surface area contributed by atoms with Gasteiger partial charge >= 0.3 is 54.0 Å². The largest absolute Gasteiger partial charge is 0.481 e. The summed E-state index contributed by atoms with van der Waals surface area (Å²) in [6.45, 7) is 10.2. The smallest absolute Gasteiger partial charge is 0.373 e. The van der Waals surface area contributed by atoms with Crippen molar-refractivity contribution >= 4 is 84.3 Å². The van der Waals surface area contributed by atoms with E-state index in [1.165, 1.54) is 7.11 Å². The summed E-state index contributed by atoms with van der Waals surface area (Å²) < 4.78 is 4.34. The van der Waals surface area contributed by atoms with Crippen LogP contribution in [0.15, 0.2) is 24.3 Å². The van der Waals surface area contributed by atoms with Crippen LogP contribution >= 0.6 is 12.6 Å². The molecule has 6 amide bonds. The summed E-state index contributed by atoms with van der Waals surface area (Å²) in [5, 5.41) is 59.9. The van der Waals surface area contributed by atoms with Gasteiger partial charge in [-0.1, -0.05) is 58.9 Å². The maximum atomic E-state index is 13.0. The normalized spacial score (nSPS) is 11.8. The summed E-state index contributed by atoms with van der Waals surface area (Å²) in [5.41, 5.74) is 6.34. The van der Waals surface area contributed by atoms with Crippen molar-refractivity contribution in [1.82, 2.24) is 31.9 Å². The molecule has 70 heavy (non-hydrogen) atoms. The Morgan fingerprint density at radius 3 is 1.63 bits per heavy atom. The van der Waals surface area contributed by atoms with E-state index in [1.54, 1.807) is 24.3 Å². The number of esters is 1. The van der Waals surface area contributed by atoms with Gasteiger partial charge in [0.15, 0.2) is 5.78 Å². The van der Waals surface area contributed by atoms with Gasteiger partial charge in [-0.3, -0.25) is 33.6 Å². The summed E-state index contributed by atoms with van der Waals surface area (Å²) in [7, 11) is 1.33. The van der Waals surface area contributed by atoms with Crippen molar-refractivity contribution in [2.75, 3.05) is 26.0 Å². The zero-order valence-corrected chi connectivity index (χ0v) is 41.0. The van der Waals surface area contributed by atoms with Gasteiger partial charge in [0.05, 0.1) is 38.3 Å². The number of aliphatic carboxylic acids is 5. The first kappa shape index (κ1) is 69.5. The molecule has 0 aliphatic carbocycles. The topological polar surface area (TPSA) is 430 Å². The molecule has 5 atom stereocenters. The Morgan fingerprint density at radius 2 is 1.17 bits per heavy atom. The van der Waals surface area contributed by atoms with Gasteiger partial charge in [0.25, 0.3) is 0 Å². The molecule has 0 bridgehead atoms. The average molecular weight is 1020 g/mol. The van der Waals surface area contributed by atoms with Gasteiger partial charge in [-0.05, 0) is 43.2 Å². The summed E-state index contributed by atoms with van der Waals surface area (Å²) in [6, 6.07) is 0.342. The summed E-state index contributed by atoms with van der Waals surface area (Å²) >= 11 is 3.81. The quantitative estimate of drug-likeness (QED) is 0.0298. The number of hydrogen-bond acceptors (Lipinski definition) is 16. The number of unbranched alkanes of at least 4 members (excludes halogenated alkanes) is 1. The highest BCUT2D eigenvalue weighted by Gasteiger charge is 2.32. The van der Waals surface area contributed by atoms with Gasteiger partial charge < -0.3 is 67.9 Å². The summed E-state index contributed by atoms with van der Waals surface area (Å²) in [6.07, 6.45) is -1.08.